The van der Waals surface area contributed by atoms with Gasteiger partial charge in [-0.3, -0.25) is 9.78 Å². The lowest BCUT2D eigenvalue weighted by Crippen LogP contribution is -2.48. The topological polar surface area (TPSA) is 45.2 Å². The standard InChI is InChI=1S/C17H25N3O/c1-13(2)17(7-9-19-12-17)16(21)20(15-5-6-15)11-14-4-3-8-18-10-14/h3-4,8,10,13,15,19H,5-7,9,11-12H2,1-2H3. The summed E-state index contributed by atoms with van der Waals surface area (Å²) in [4.78, 5) is 19.6. The molecule has 0 radical (unpaired) electrons. The van der Waals surface area contributed by atoms with Crippen molar-refractivity contribution in [2.24, 2.45) is 11.3 Å². The number of hydrogen-bond acceptors (Lipinski definition) is 3. The first-order chi connectivity index (χ1) is 10.1. The molecule has 1 atom stereocenters. The SMILES string of the molecule is CC(C)C1(C(=O)N(Cc2cccnc2)C2CC2)CCNC1. The van der Waals surface area contributed by atoms with Crippen molar-refractivity contribution in [2.75, 3.05) is 13.1 Å². The molecule has 0 aromatic carbocycles. The minimum Gasteiger partial charge on any atom is -0.335 e. The molecule has 114 valence electrons. The van der Waals surface area contributed by atoms with Crippen LogP contribution < -0.4 is 5.32 Å². The maximum Gasteiger partial charge on any atom is 0.230 e. The normalized spacial score (nSPS) is 25.3. The fourth-order valence-electron chi connectivity index (χ4n) is 3.36. The third kappa shape index (κ3) is 2.82. The Bertz CT molecular complexity index is 490. The highest BCUT2D eigenvalue weighted by molar-refractivity contribution is 5.84. The van der Waals surface area contributed by atoms with Gasteiger partial charge in [0.05, 0.1) is 5.41 Å². The number of nitrogens with zero attached hydrogens (tertiary/aromatic N) is 2. The molecule has 4 heteroatoms. The van der Waals surface area contributed by atoms with E-state index >= 15 is 0 Å². The first-order valence-corrected chi connectivity index (χ1v) is 8.04. The van der Waals surface area contributed by atoms with E-state index in [1.54, 1.807) is 6.20 Å². The highest BCUT2D eigenvalue weighted by atomic mass is 16.2. The fourth-order valence-corrected chi connectivity index (χ4v) is 3.36. The maximum absolute atomic E-state index is 13.3. The molecule has 2 aliphatic rings. The zero-order valence-electron chi connectivity index (χ0n) is 13.0. The minimum absolute atomic E-state index is 0.217. The molecule has 1 aromatic rings. The van der Waals surface area contributed by atoms with Crippen LogP contribution in [0.3, 0.4) is 0 Å². The fraction of sp³-hybridized carbons (Fsp3) is 0.647. The predicted octanol–water partition coefficient (Wildman–Crippen LogP) is 2.21. The number of amides is 1. The quantitative estimate of drug-likeness (QED) is 0.903. The summed E-state index contributed by atoms with van der Waals surface area (Å²) >= 11 is 0. The van der Waals surface area contributed by atoms with Gasteiger partial charge in [0.25, 0.3) is 0 Å². The molecule has 2 heterocycles. The van der Waals surface area contributed by atoms with Gasteiger partial charge in [0, 0.05) is 31.5 Å². The summed E-state index contributed by atoms with van der Waals surface area (Å²) in [5.74, 6) is 0.712. The van der Waals surface area contributed by atoms with Crippen molar-refractivity contribution in [3.63, 3.8) is 0 Å². The van der Waals surface area contributed by atoms with Crippen LogP contribution in [-0.2, 0) is 11.3 Å². The number of nitrogens with one attached hydrogen (secondary N) is 1. The molecular formula is C17H25N3O. The Hall–Kier alpha value is -1.42. The summed E-state index contributed by atoms with van der Waals surface area (Å²) in [5.41, 5.74) is 0.910. The van der Waals surface area contributed by atoms with E-state index in [9.17, 15) is 4.79 Å². The largest absolute Gasteiger partial charge is 0.335 e. The Kier molecular flexibility index (Phi) is 3.98. The Balaban J connectivity index is 1.82. The number of carbonyl (C=O) groups is 1. The minimum atomic E-state index is -0.217. The second kappa shape index (κ2) is 5.76. The second-order valence-corrected chi connectivity index (χ2v) is 6.76. The molecule has 0 bridgehead atoms. The lowest BCUT2D eigenvalue weighted by Gasteiger charge is -2.37. The average molecular weight is 287 g/mol. The summed E-state index contributed by atoms with van der Waals surface area (Å²) in [6, 6.07) is 4.44. The molecule has 2 fully saturated rings. The van der Waals surface area contributed by atoms with Crippen molar-refractivity contribution >= 4 is 5.91 Å². The van der Waals surface area contributed by atoms with Crippen molar-refractivity contribution in [3.05, 3.63) is 30.1 Å². The van der Waals surface area contributed by atoms with Gasteiger partial charge in [-0.1, -0.05) is 19.9 Å². The van der Waals surface area contributed by atoms with Gasteiger partial charge in [-0.15, -0.1) is 0 Å². The molecule has 1 saturated heterocycles. The Morgan fingerprint density at radius 2 is 2.33 bits per heavy atom. The van der Waals surface area contributed by atoms with Crippen molar-refractivity contribution in [2.45, 2.75) is 45.7 Å². The van der Waals surface area contributed by atoms with E-state index in [1.165, 1.54) is 0 Å². The van der Waals surface area contributed by atoms with E-state index in [-0.39, 0.29) is 5.41 Å². The van der Waals surface area contributed by atoms with Gasteiger partial charge < -0.3 is 10.2 Å². The number of rotatable bonds is 5. The first-order valence-electron chi connectivity index (χ1n) is 8.04. The van der Waals surface area contributed by atoms with Crippen LogP contribution in [0, 0.1) is 11.3 Å². The van der Waals surface area contributed by atoms with E-state index in [2.05, 4.69) is 35.1 Å². The van der Waals surface area contributed by atoms with Crippen molar-refractivity contribution in [3.8, 4) is 0 Å². The smallest absolute Gasteiger partial charge is 0.230 e. The van der Waals surface area contributed by atoms with Crippen LogP contribution >= 0.6 is 0 Å². The predicted molar refractivity (Wildman–Crippen MR) is 82.6 cm³/mol. The van der Waals surface area contributed by atoms with Gasteiger partial charge >= 0.3 is 0 Å². The summed E-state index contributed by atoms with van der Waals surface area (Å²) in [6.07, 6.45) is 6.90. The molecule has 1 amide bonds. The lowest BCUT2D eigenvalue weighted by molar-refractivity contribution is -0.145. The number of carbonyl (C=O) groups excluding carboxylic acids is 1. The van der Waals surface area contributed by atoms with Crippen LogP contribution in [-0.4, -0.2) is 34.9 Å². The number of hydrogen-bond donors (Lipinski definition) is 1. The monoisotopic (exact) mass is 287 g/mol. The highest BCUT2D eigenvalue weighted by Gasteiger charge is 2.48. The molecule has 21 heavy (non-hydrogen) atoms. The van der Waals surface area contributed by atoms with E-state index < -0.39 is 0 Å². The van der Waals surface area contributed by atoms with Crippen LogP contribution in [0.2, 0.25) is 0 Å². The van der Waals surface area contributed by atoms with Crippen molar-refractivity contribution in [1.29, 1.82) is 0 Å². The van der Waals surface area contributed by atoms with Crippen molar-refractivity contribution < 1.29 is 4.79 Å². The Labute approximate surface area is 126 Å². The molecule has 1 aliphatic heterocycles. The van der Waals surface area contributed by atoms with Crippen LogP contribution in [0.5, 0.6) is 0 Å². The molecule has 4 nitrogen and oxygen atoms in total. The highest BCUT2D eigenvalue weighted by Crippen LogP contribution is 2.40. The lowest BCUT2D eigenvalue weighted by atomic mass is 9.75. The van der Waals surface area contributed by atoms with Gasteiger partial charge in [-0.25, -0.2) is 0 Å². The average Bonchev–Trinajstić information content (AvgIpc) is 3.20. The molecule has 0 spiro atoms. The molecule has 1 aliphatic carbocycles. The zero-order valence-corrected chi connectivity index (χ0v) is 13.0. The second-order valence-electron chi connectivity index (χ2n) is 6.76. The Morgan fingerprint density at radius 1 is 1.52 bits per heavy atom. The molecule has 1 aromatic heterocycles. The van der Waals surface area contributed by atoms with E-state index in [1.807, 2.05) is 12.3 Å². The van der Waals surface area contributed by atoms with E-state index in [4.69, 9.17) is 0 Å². The summed E-state index contributed by atoms with van der Waals surface area (Å²) in [7, 11) is 0. The zero-order chi connectivity index (χ0) is 14.9. The Morgan fingerprint density at radius 3 is 2.86 bits per heavy atom. The summed E-state index contributed by atoms with van der Waals surface area (Å²) in [5, 5.41) is 3.39. The van der Waals surface area contributed by atoms with Crippen LogP contribution in [0.1, 0.15) is 38.7 Å². The van der Waals surface area contributed by atoms with Crippen LogP contribution in [0.15, 0.2) is 24.5 Å². The van der Waals surface area contributed by atoms with E-state index in [0.717, 1.165) is 37.9 Å². The number of pyridine rings is 1. The van der Waals surface area contributed by atoms with Gasteiger partial charge in [-0.05, 0) is 43.4 Å². The first kappa shape index (κ1) is 14.5. The van der Waals surface area contributed by atoms with E-state index in [0.29, 0.717) is 24.4 Å². The molecule has 1 N–H and O–H groups in total. The van der Waals surface area contributed by atoms with Crippen LogP contribution in [0.4, 0.5) is 0 Å². The van der Waals surface area contributed by atoms with Gasteiger partial charge in [-0.2, -0.15) is 0 Å². The van der Waals surface area contributed by atoms with Gasteiger partial charge in [0.15, 0.2) is 0 Å². The third-order valence-corrected chi connectivity index (χ3v) is 5.04. The molecular weight excluding hydrogens is 262 g/mol. The number of aromatic nitrogens is 1. The van der Waals surface area contributed by atoms with Crippen LogP contribution in [0.25, 0.3) is 0 Å². The van der Waals surface area contributed by atoms with Gasteiger partial charge in [0.1, 0.15) is 0 Å². The van der Waals surface area contributed by atoms with Gasteiger partial charge in [0.2, 0.25) is 5.91 Å². The molecule has 1 saturated carbocycles. The summed E-state index contributed by atoms with van der Waals surface area (Å²) < 4.78 is 0. The maximum atomic E-state index is 13.3. The third-order valence-electron chi connectivity index (χ3n) is 5.04. The molecule has 1 unspecified atom stereocenters. The molecule has 3 rings (SSSR count). The van der Waals surface area contributed by atoms with Crippen molar-refractivity contribution in [1.82, 2.24) is 15.2 Å². The summed E-state index contributed by atoms with van der Waals surface area (Å²) in [6.45, 7) is 6.83.